The molecule has 0 aliphatic carbocycles. The first-order chi connectivity index (χ1) is 12.1. The number of aliphatic imine (C=N–C) groups is 1. The molecule has 1 saturated heterocycles. The van der Waals surface area contributed by atoms with Gasteiger partial charge in [0.05, 0.1) is 12.7 Å². The molecule has 0 spiro atoms. The second-order valence-electron chi connectivity index (χ2n) is 6.05. The number of nitrogens with zero attached hydrogens (tertiary/aromatic N) is 2. The second-order valence-corrected chi connectivity index (χ2v) is 7.61. The molecule has 0 amide bonds. The van der Waals surface area contributed by atoms with Gasteiger partial charge in [-0.1, -0.05) is 6.92 Å². The van der Waals surface area contributed by atoms with E-state index in [4.69, 9.17) is 12.8 Å². The van der Waals surface area contributed by atoms with Crippen molar-refractivity contribution in [1.82, 2.24) is 0 Å². The number of aryl methyl sites for hydroxylation is 1. The van der Waals surface area contributed by atoms with Crippen molar-refractivity contribution < 1.29 is 12.6 Å². The lowest BCUT2D eigenvalue weighted by Crippen LogP contribution is -2.49. The van der Waals surface area contributed by atoms with Crippen molar-refractivity contribution in [2.75, 3.05) is 18.6 Å². The van der Waals surface area contributed by atoms with Gasteiger partial charge in [-0.05, 0) is 36.8 Å². The van der Waals surface area contributed by atoms with Gasteiger partial charge in [0.2, 0.25) is 11.4 Å². The van der Waals surface area contributed by atoms with Gasteiger partial charge in [-0.3, -0.25) is 7.86 Å². The topological polar surface area (TPSA) is 51.1 Å². The number of carbonyl (C=O) groups is 1. The van der Waals surface area contributed by atoms with E-state index in [1.807, 2.05) is 53.3 Å². The van der Waals surface area contributed by atoms with Crippen molar-refractivity contribution in [3.05, 3.63) is 40.8 Å². The number of Topliss-reactive ketones (excluding diaryl/α,β-unsaturated/α-hetero) is 1. The predicted molar refractivity (Wildman–Crippen MR) is 108 cm³/mol. The van der Waals surface area contributed by atoms with Crippen LogP contribution in [0.4, 0.5) is 10.7 Å². The van der Waals surface area contributed by atoms with Crippen LogP contribution < -0.4 is 9.64 Å². The average Bonchev–Trinajstić information content (AvgIpc) is 3.24. The Morgan fingerprint density at radius 1 is 1.36 bits per heavy atom. The van der Waals surface area contributed by atoms with Crippen LogP contribution >= 0.6 is 34.3 Å². The van der Waals surface area contributed by atoms with E-state index in [1.54, 1.807) is 18.4 Å². The van der Waals surface area contributed by atoms with Crippen LogP contribution in [0, 0.1) is 0 Å². The SMILES string of the molecule is CCc1cc2c(s1)N=C1N(c3ccc(OC)cc3)CC[C@@]1(OI)C2=O. The number of carbonyl (C=O) groups excluding carboxylic acids is 1. The van der Waals surface area contributed by atoms with Gasteiger partial charge in [-0.2, -0.15) is 0 Å². The molecule has 4 rings (SSSR count). The van der Waals surface area contributed by atoms with Crippen LogP contribution in [0.2, 0.25) is 0 Å². The zero-order chi connectivity index (χ0) is 17.6. The summed E-state index contributed by atoms with van der Waals surface area (Å²) >= 11 is 3.43. The molecule has 0 unspecified atom stereocenters. The van der Waals surface area contributed by atoms with Gasteiger partial charge in [0.15, 0.2) is 5.84 Å². The van der Waals surface area contributed by atoms with E-state index in [2.05, 4.69) is 11.8 Å². The number of anilines is 1. The first kappa shape index (κ1) is 17.0. The number of methoxy groups -OCH3 is 1. The molecule has 3 heterocycles. The maximum Gasteiger partial charge on any atom is 0.206 e. The summed E-state index contributed by atoms with van der Waals surface area (Å²) in [4.78, 5) is 21.3. The number of hydrogen-bond donors (Lipinski definition) is 0. The fourth-order valence-corrected chi connectivity index (χ4v) is 4.94. The number of benzene rings is 1. The Kier molecular flexibility index (Phi) is 4.33. The molecule has 130 valence electrons. The van der Waals surface area contributed by atoms with Crippen molar-refractivity contribution in [3.63, 3.8) is 0 Å². The molecule has 2 aliphatic rings. The van der Waals surface area contributed by atoms with Crippen LogP contribution in [0.15, 0.2) is 35.3 Å². The van der Waals surface area contributed by atoms with E-state index >= 15 is 0 Å². The predicted octanol–water partition coefficient (Wildman–Crippen LogP) is 4.56. The number of ketones is 1. The Morgan fingerprint density at radius 3 is 2.76 bits per heavy atom. The highest BCUT2D eigenvalue weighted by atomic mass is 127. The van der Waals surface area contributed by atoms with Gasteiger partial charge < -0.3 is 9.64 Å². The van der Waals surface area contributed by atoms with Crippen LogP contribution in [0.1, 0.15) is 28.6 Å². The lowest BCUT2D eigenvalue weighted by atomic mass is 9.90. The summed E-state index contributed by atoms with van der Waals surface area (Å²) in [5.41, 5.74) is 0.691. The molecule has 7 heteroatoms. The summed E-state index contributed by atoms with van der Waals surface area (Å²) in [6.45, 7) is 2.78. The van der Waals surface area contributed by atoms with Gasteiger partial charge in [0, 0.05) is 23.5 Å². The number of fused-ring (bicyclic) bond motifs is 2. The zero-order valence-corrected chi connectivity index (χ0v) is 16.9. The summed E-state index contributed by atoms with van der Waals surface area (Å²) < 4.78 is 11.0. The largest absolute Gasteiger partial charge is 0.497 e. The van der Waals surface area contributed by atoms with E-state index in [0.717, 1.165) is 22.9 Å². The molecular formula is C18H17IN2O3S. The zero-order valence-electron chi connectivity index (χ0n) is 13.9. The monoisotopic (exact) mass is 468 g/mol. The molecule has 0 saturated carbocycles. The first-order valence-electron chi connectivity index (χ1n) is 8.11. The molecule has 2 aliphatic heterocycles. The summed E-state index contributed by atoms with van der Waals surface area (Å²) in [6.07, 6.45) is 1.49. The Hall–Kier alpha value is -1.45. The Balaban J connectivity index is 1.81. The molecule has 1 aromatic carbocycles. The molecule has 1 fully saturated rings. The van der Waals surface area contributed by atoms with Crippen LogP contribution in [-0.4, -0.2) is 30.9 Å². The molecule has 1 atom stereocenters. The summed E-state index contributed by atoms with van der Waals surface area (Å²) in [5.74, 6) is 1.51. The van der Waals surface area contributed by atoms with Crippen LogP contribution in [-0.2, 0) is 9.49 Å². The van der Waals surface area contributed by atoms with Crippen molar-refractivity contribution in [1.29, 1.82) is 0 Å². The number of hydrogen-bond acceptors (Lipinski definition) is 6. The van der Waals surface area contributed by atoms with Gasteiger partial charge in [-0.15, -0.1) is 11.3 Å². The minimum atomic E-state index is -0.987. The fraction of sp³-hybridized carbons (Fsp3) is 0.333. The minimum Gasteiger partial charge on any atom is -0.497 e. The van der Waals surface area contributed by atoms with E-state index in [-0.39, 0.29) is 5.78 Å². The molecule has 1 aromatic heterocycles. The third kappa shape index (κ3) is 2.51. The highest BCUT2D eigenvalue weighted by Gasteiger charge is 2.55. The molecule has 0 radical (unpaired) electrons. The highest BCUT2D eigenvalue weighted by Crippen LogP contribution is 2.45. The molecule has 2 aromatic rings. The standard InChI is InChI=1S/C18H17IN2O3S/c1-3-13-10-14-15(22)18(24-19)8-9-21(17(18)20-16(14)25-13)11-4-6-12(23-2)7-5-11/h4-7,10H,3,8-9H2,1-2H3/t18-/m1/s1. The van der Waals surface area contributed by atoms with Gasteiger partial charge in [0.25, 0.3) is 0 Å². The highest BCUT2D eigenvalue weighted by molar-refractivity contribution is 14.1. The lowest BCUT2D eigenvalue weighted by Gasteiger charge is -2.30. The molecule has 5 nitrogen and oxygen atoms in total. The molecular weight excluding hydrogens is 451 g/mol. The van der Waals surface area contributed by atoms with Crippen LogP contribution in [0.25, 0.3) is 0 Å². The summed E-state index contributed by atoms with van der Waals surface area (Å²) in [7, 11) is 1.65. The first-order valence-corrected chi connectivity index (χ1v) is 9.80. The fourth-order valence-electron chi connectivity index (χ4n) is 3.36. The van der Waals surface area contributed by atoms with Crippen molar-refractivity contribution in [2.24, 2.45) is 4.99 Å². The molecule has 0 N–H and O–H groups in total. The van der Waals surface area contributed by atoms with E-state index in [9.17, 15) is 4.79 Å². The molecule has 0 bridgehead atoms. The van der Waals surface area contributed by atoms with E-state index < -0.39 is 5.60 Å². The van der Waals surface area contributed by atoms with E-state index in [1.165, 1.54) is 4.88 Å². The Bertz CT molecular complexity index is 862. The van der Waals surface area contributed by atoms with Gasteiger partial charge in [-0.25, -0.2) is 4.99 Å². The van der Waals surface area contributed by atoms with Gasteiger partial charge in [0.1, 0.15) is 33.8 Å². The summed E-state index contributed by atoms with van der Waals surface area (Å²) in [6, 6.07) is 9.76. The number of ether oxygens (including phenoxy) is 1. The number of halogens is 1. The smallest absolute Gasteiger partial charge is 0.206 e. The molecule has 25 heavy (non-hydrogen) atoms. The normalized spacial score (nSPS) is 21.8. The lowest BCUT2D eigenvalue weighted by molar-refractivity contribution is 0.0770. The Labute approximate surface area is 164 Å². The number of rotatable bonds is 4. The maximum atomic E-state index is 13.2. The third-order valence-corrected chi connectivity index (χ3v) is 6.68. The maximum absolute atomic E-state index is 13.2. The van der Waals surface area contributed by atoms with Crippen LogP contribution in [0.3, 0.4) is 0 Å². The van der Waals surface area contributed by atoms with Crippen LogP contribution in [0.5, 0.6) is 5.75 Å². The van der Waals surface area contributed by atoms with Gasteiger partial charge >= 0.3 is 0 Å². The number of thiophene rings is 1. The quantitative estimate of drug-likeness (QED) is 0.618. The number of amidine groups is 1. The van der Waals surface area contributed by atoms with Crippen molar-refractivity contribution in [3.8, 4) is 5.75 Å². The van der Waals surface area contributed by atoms with Crippen molar-refractivity contribution in [2.45, 2.75) is 25.4 Å². The van der Waals surface area contributed by atoms with E-state index in [0.29, 0.717) is 24.4 Å². The minimum absolute atomic E-state index is 0.0221. The second kappa shape index (κ2) is 6.37. The average molecular weight is 468 g/mol. The summed E-state index contributed by atoms with van der Waals surface area (Å²) in [5, 5.41) is 0.793. The third-order valence-electron chi connectivity index (χ3n) is 4.75. The Morgan fingerprint density at radius 2 is 2.12 bits per heavy atom. The van der Waals surface area contributed by atoms with Crippen molar-refractivity contribution >= 4 is 56.6 Å².